The van der Waals surface area contributed by atoms with Crippen molar-refractivity contribution in [3.8, 4) is 0 Å². The van der Waals surface area contributed by atoms with E-state index in [9.17, 15) is 4.79 Å². The molecule has 2 N–H and O–H groups in total. The molecule has 0 saturated heterocycles. The van der Waals surface area contributed by atoms with Crippen LogP contribution in [0.2, 0.25) is 0 Å². The summed E-state index contributed by atoms with van der Waals surface area (Å²) in [5.74, 6) is 0.713. The van der Waals surface area contributed by atoms with E-state index >= 15 is 0 Å². The predicted octanol–water partition coefficient (Wildman–Crippen LogP) is 5.78. The maximum absolute atomic E-state index is 11.8. The molecule has 0 heterocycles. The maximum Gasteiger partial charge on any atom is 0.319 e. The number of nitrogens with one attached hydrogen (secondary N) is 2. The molecule has 2 aromatic rings. The van der Waals surface area contributed by atoms with Crippen molar-refractivity contribution in [1.29, 1.82) is 0 Å². The van der Waals surface area contributed by atoms with Crippen molar-refractivity contribution >= 4 is 35.5 Å². The molecule has 0 aliphatic carbocycles. The first-order valence-electron chi connectivity index (χ1n) is 8.72. The van der Waals surface area contributed by atoms with Crippen LogP contribution in [0.15, 0.2) is 54.6 Å². The van der Waals surface area contributed by atoms with Crippen molar-refractivity contribution in [3.63, 3.8) is 0 Å². The van der Waals surface area contributed by atoms with Gasteiger partial charge in [-0.25, -0.2) is 4.79 Å². The lowest BCUT2D eigenvalue weighted by Crippen LogP contribution is -2.29. The van der Waals surface area contributed by atoms with Crippen LogP contribution in [0, 0.1) is 0 Å². The van der Waals surface area contributed by atoms with E-state index in [1.165, 1.54) is 0 Å². The third-order valence-electron chi connectivity index (χ3n) is 3.78. The third kappa shape index (κ3) is 7.90. The number of carbonyl (C=O) groups excluding carboxylic acids is 1. The van der Waals surface area contributed by atoms with Gasteiger partial charge in [-0.05, 0) is 36.1 Å². The van der Waals surface area contributed by atoms with E-state index in [1.54, 1.807) is 0 Å². The highest BCUT2D eigenvalue weighted by atomic mass is 35.5. The van der Waals surface area contributed by atoms with Crippen LogP contribution in [0.3, 0.4) is 0 Å². The zero-order valence-corrected chi connectivity index (χ0v) is 15.1. The van der Waals surface area contributed by atoms with E-state index in [0.717, 1.165) is 42.5 Å². The van der Waals surface area contributed by atoms with E-state index in [0.29, 0.717) is 12.4 Å². The lowest BCUT2D eigenvalue weighted by atomic mass is 10.1. The van der Waals surface area contributed by atoms with Crippen LogP contribution in [-0.4, -0.2) is 18.5 Å². The Morgan fingerprint density at radius 1 is 0.840 bits per heavy atom. The van der Waals surface area contributed by atoms with E-state index in [2.05, 4.69) is 34.9 Å². The van der Waals surface area contributed by atoms with Crippen LogP contribution < -0.4 is 10.6 Å². The van der Waals surface area contributed by atoms with E-state index < -0.39 is 0 Å². The number of unbranched alkanes of at least 4 members (excludes halogenated alkanes) is 3. The number of anilines is 1. The van der Waals surface area contributed by atoms with Crippen LogP contribution in [0.1, 0.15) is 36.8 Å². The van der Waals surface area contributed by atoms with E-state index in [1.807, 2.05) is 42.5 Å². The molecule has 0 aliphatic heterocycles. The average molecular weight is 357 g/mol. The number of halogens is 1. The van der Waals surface area contributed by atoms with Gasteiger partial charge < -0.3 is 10.6 Å². The van der Waals surface area contributed by atoms with Crippen LogP contribution >= 0.6 is 11.6 Å². The largest absolute Gasteiger partial charge is 0.338 e. The van der Waals surface area contributed by atoms with Gasteiger partial charge in [-0.2, -0.15) is 0 Å². The van der Waals surface area contributed by atoms with Crippen LogP contribution in [0.5, 0.6) is 0 Å². The molecule has 0 spiro atoms. The number of benzene rings is 2. The first kappa shape index (κ1) is 19.1. The fourth-order valence-electron chi connectivity index (χ4n) is 2.38. The number of urea groups is 1. The van der Waals surface area contributed by atoms with Crippen LogP contribution in [0.4, 0.5) is 10.5 Å². The van der Waals surface area contributed by atoms with Gasteiger partial charge in [0.15, 0.2) is 0 Å². The average Bonchev–Trinajstić information content (AvgIpc) is 2.65. The fraction of sp³-hybridized carbons (Fsp3) is 0.286. The molecule has 0 unspecified atom stereocenters. The molecule has 0 radical (unpaired) electrons. The molecule has 0 fully saturated rings. The van der Waals surface area contributed by atoms with Crippen LogP contribution in [-0.2, 0) is 0 Å². The highest BCUT2D eigenvalue weighted by Gasteiger charge is 2.00. The Kier molecular flexibility index (Phi) is 8.64. The number of carbonyl (C=O) groups is 1. The smallest absolute Gasteiger partial charge is 0.319 e. The fourth-order valence-corrected chi connectivity index (χ4v) is 2.57. The summed E-state index contributed by atoms with van der Waals surface area (Å²) in [6.07, 6.45) is 8.35. The van der Waals surface area contributed by atoms with Gasteiger partial charge in [0.2, 0.25) is 0 Å². The minimum absolute atomic E-state index is 0.162. The molecule has 0 bridgehead atoms. The third-order valence-corrected chi connectivity index (χ3v) is 4.05. The second-order valence-corrected chi connectivity index (χ2v) is 6.23. The second kappa shape index (κ2) is 11.3. The molecule has 0 aromatic heterocycles. The van der Waals surface area contributed by atoms with Crippen molar-refractivity contribution in [1.82, 2.24) is 5.32 Å². The lowest BCUT2D eigenvalue weighted by Gasteiger charge is -2.07. The Labute approximate surface area is 155 Å². The minimum Gasteiger partial charge on any atom is -0.338 e. The van der Waals surface area contributed by atoms with Crippen molar-refractivity contribution in [2.45, 2.75) is 25.7 Å². The summed E-state index contributed by atoms with van der Waals surface area (Å²) in [5.41, 5.74) is 3.04. The lowest BCUT2D eigenvalue weighted by molar-refractivity contribution is 0.252. The highest BCUT2D eigenvalue weighted by Crippen LogP contribution is 2.12. The van der Waals surface area contributed by atoms with Gasteiger partial charge in [-0.15, -0.1) is 11.6 Å². The predicted molar refractivity (Wildman–Crippen MR) is 108 cm³/mol. The van der Waals surface area contributed by atoms with E-state index in [-0.39, 0.29) is 6.03 Å². The molecule has 25 heavy (non-hydrogen) atoms. The van der Waals surface area contributed by atoms with Gasteiger partial charge in [-0.3, -0.25) is 0 Å². The number of hydrogen-bond acceptors (Lipinski definition) is 1. The van der Waals surface area contributed by atoms with Gasteiger partial charge in [-0.1, -0.05) is 67.5 Å². The van der Waals surface area contributed by atoms with Gasteiger partial charge >= 0.3 is 6.03 Å². The molecule has 3 nitrogen and oxygen atoms in total. The first-order chi connectivity index (χ1) is 12.3. The molecular formula is C21H25ClN2O. The molecule has 0 aliphatic rings. The summed E-state index contributed by atoms with van der Waals surface area (Å²) in [7, 11) is 0. The molecule has 2 aromatic carbocycles. The molecule has 0 saturated carbocycles. The quantitative estimate of drug-likeness (QED) is 0.334. The number of hydrogen-bond donors (Lipinski definition) is 2. The molecule has 132 valence electrons. The van der Waals surface area contributed by atoms with Gasteiger partial charge in [0, 0.05) is 18.1 Å². The second-order valence-electron chi connectivity index (χ2n) is 5.85. The Balaban J connectivity index is 1.72. The molecular weight excluding hydrogens is 332 g/mol. The Hall–Kier alpha value is -2.26. The van der Waals surface area contributed by atoms with Gasteiger partial charge in [0.1, 0.15) is 0 Å². The minimum atomic E-state index is -0.162. The zero-order chi connectivity index (χ0) is 17.7. The summed E-state index contributed by atoms with van der Waals surface area (Å²) in [6.45, 7) is 0.687. The summed E-state index contributed by atoms with van der Waals surface area (Å²) in [5, 5.41) is 5.72. The normalized spacial score (nSPS) is 10.8. The summed E-state index contributed by atoms with van der Waals surface area (Å²) in [6, 6.07) is 17.8. The standard InChI is InChI=1S/C21H25ClN2O/c22-16-6-1-2-7-17-23-21(25)24-20-14-12-19(13-15-20)11-10-18-8-4-3-5-9-18/h3-5,8-15H,1-2,6-7,16-17H2,(H2,23,24,25)/b11-10+. The highest BCUT2D eigenvalue weighted by molar-refractivity contribution is 6.17. The van der Waals surface area contributed by atoms with Crippen molar-refractivity contribution in [2.75, 3.05) is 17.7 Å². The number of rotatable bonds is 9. The monoisotopic (exact) mass is 356 g/mol. The van der Waals surface area contributed by atoms with Crippen molar-refractivity contribution in [3.05, 3.63) is 65.7 Å². The van der Waals surface area contributed by atoms with E-state index in [4.69, 9.17) is 11.6 Å². The Bertz CT molecular complexity index is 653. The summed E-state index contributed by atoms with van der Waals surface area (Å²) >= 11 is 5.63. The number of alkyl halides is 1. The van der Waals surface area contributed by atoms with Crippen molar-refractivity contribution < 1.29 is 4.79 Å². The summed E-state index contributed by atoms with van der Waals surface area (Å²) in [4.78, 5) is 11.8. The molecule has 0 atom stereocenters. The molecule has 2 amide bonds. The van der Waals surface area contributed by atoms with Crippen LogP contribution in [0.25, 0.3) is 12.2 Å². The number of amides is 2. The van der Waals surface area contributed by atoms with Crippen molar-refractivity contribution in [2.24, 2.45) is 0 Å². The SMILES string of the molecule is O=C(NCCCCCCCl)Nc1ccc(/C=C/c2ccccc2)cc1. The topological polar surface area (TPSA) is 41.1 Å². The zero-order valence-electron chi connectivity index (χ0n) is 14.4. The maximum atomic E-state index is 11.8. The first-order valence-corrected chi connectivity index (χ1v) is 9.25. The summed E-state index contributed by atoms with van der Waals surface area (Å²) < 4.78 is 0. The Morgan fingerprint density at radius 3 is 2.16 bits per heavy atom. The molecule has 2 rings (SSSR count). The molecule has 4 heteroatoms. The van der Waals surface area contributed by atoms with Gasteiger partial charge in [0.05, 0.1) is 0 Å². The van der Waals surface area contributed by atoms with Gasteiger partial charge in [0.25, 0.3) is 0 Å². The Morgan fingerprint density at radius 2 is 1.48 bits per heavy atom.